The van der Waals surface area contributed by atoms with Gasteiger partial charge < -0.3 is 15.0 Å². The molecule has 2 aromatic carbocycles. The van der Waals surface area contributed by atoms with E-state index >= 15 is 0 Å². The topological polar surface area (TPSA) is 70.7 Å². The Balaban J connectivity index is 1.89. The van der Waals surface area contributed by atoms with Crippen LogP contribution in [-0.2, 0) is 0 Å². The molecule has 0 aliphatic rings. The van der Waals surface area contributed by atoms with E-state index in [2.05, 4.69) is 47.3 Å². The molecule has 190 valence electrons. The lowest BCUT2D eigenvalue weighted by atomic mass is 10.1. The molecule has 35 heavy (non-hydrogen) atoms. The van der Waals surface area contributed by atoms with Crippen LogP contribution < -0.4 is 15.4 Å². The first-order valence-electron chi connectivity index (χ1n) is 12.3. The highest BCUT2D eigenvalue weighted by atomic mass is 79.9. The van der Waals surface area contributed by atoms with E-state index in [1.165, 1.54) is 12.8 Å². The summed E-state index contributed by atoms with van der Waals surface area (Å²) in [4.78, 5) is 27.2. The summed E-state index contributed by atoms with van der Waals surface area (Å²) < 4.78 is 6.52. The summed E-state index contributed by atoms with van der Waals surface area (Å²) in [7, 11) is 0. The third kappa shape index (κ3) is 9.61. The summed E-state index contributed by atoms with van der Waals surface area (Å²) in [5.74, 6) is 0.416. The van der Waals surface area contributed by atoms with Gasteiger partial charge in [0.1, 0.15) is 5.75 Å². The molecule has 0 saturated heterocycles. The minimum Gasteiger partial charge on any atom is -0.492 e. The van der Waals surface area contributed by atoms with Gasteiger partial charge in [-0.3, -0.25) is 14.9 Å². The second kappa shape index (κ2) is 15.5. The van der Waals surface area contributed by atoms with Crippen molar-refractivity contribution in [2.24, 2.45) is 0 Å². The van der Waals surface area contributed by atoms with Crippen LogP contribution >= 0.6 is 28.1 Å². The molecule has 6 nitrogen and oxygen atoms in total. The third-order valence-corrected chi connectivity index (χ3v) is 6.16. The second-order valence-corrected chi connectivity index (χ2v) is 9.59. The SMILES string of the molecule is CCCCCCOc1ccc(C(=O)NC(=S)Nc2ccc(C(=O)N(CCC)CCC)cc2)cc1Br. The van der Waals surface area contributed by atoms with Gasteiger partial charge in [-0.2, -0.15) is 0 Å². The molecule has 0 fully saturated rings. The van der Waals surface area contributed by atoms with Crippen molar-refractivity contribution in [3.8, 4) is 5.75 Å². The molecule has 0 atom stereocenters. The summed E-state index contributed by atoms with van der Waals surface area (Å²) in [5, 5.41) is 5.87. The molecule has 0 unspecified atom stereocenters. The number of unbranched alkanes of at least 4 members (excludes halogenated alkanes) is 3. The van der Waals surface area contributed by atoms with Gasteiger partial charge in [0.2, 0.25) is 0 Å². The van der Waals surface area contributed by atoms with Crippen LogP contribution in [0.2, 0.25) is 0 Å². The first-order valence-corrected chi connectivity index (χ1v) is 13.5. The zero-order valence-electron chi connectivity index (χ0n) is 20.9. The van der Waals surface area contributed by atoms with E-state index in [0.717, 1.165) is 43.2 Å². The van der Waals surface area contributed by atoms with Gasteiger partial charge >= 0.3 is 0 Å². The quantitative estimate of drug-likeness (QED) is 0.208. The van der Waals surface area contributed by atoms with Crippen LogP contribution in [0, 0.1) is 0 Å². The average Bonchev–Trinajstić information content (AvgIpc) is 2.84. The summed E-state index contributed by atoms with van der Waals surface area (Å²) >= 11 is 8.79. The van der Waals surface area contributed by atoms with E-state index < -0.39 is 0 Å². The van der Waals surface area contributed by atoms with E-state index in [1.54, 1.807) is 42.5 Å². The molecule has 2 N–H and O–H groups in total. The number of carbonyl (C=O) groups excluding carboxylic acids is 2. The van der Waals surface area contributed by atoms with Crippen molar-refractivity contribution in [1.82, 2.24) is 10.2 Å². The number of thiocarbonyl (C=S) groups is 1. The zero-order chi connectivity index (χ0) is 25.6. The lowest BCUT2D eigenvalue weighted by Gasteiger charge is -2.21. The Morgan fingerprint density at radius 1 is 0.914 bits per heavy atom. The van der Waals surface area contributed by atoms with Crippen molar-refractivity contribution in [3.05, 3.63) is 58.1 Å². The van der Waals surface area contributed by atoms with Crippen molar-refractivity contribution in [2.75, 3.05) is 25.0 Å². The predicted octanol–water partition coefficient (Wildman–Crippen LogP) is 6.80. The molecule has 0 aromatic heterocycles. The minimum atomic E-state index is -0.320. The Morgan fingerprint density at radius 3 is 2.17 bits per heavy atom. The largest absolute Gasteiger partial charge is 0.492 e. The molecule has 0 bridgehead atoms. The number of nitrogens with one attached hydrogen (secondary N) is 2. The van der Waals surface area contributed by atoms with Crippen LogP contribution in [0.4, 0.5) is 5.69 Å². The van der Waals surface area contributed by atoms with Crippen molar-refractivity contribution in [3.63, 3.8) is 0 Å². The highest BCUT2D eigenvalue weighted by Crippen LogP contribution is 2.26. The number of amides is 2. The van der Waals surface area contributed by atoms with Gasteiger partial charge in [0.15, 0.2) is 5.11 Å². The Bertz CT molecular complexity index is 976. The molecule has 0 aliphatic heterocycles. The van der Waals surface area contributed by atoms with Crippen LogP contribution in [0.1, 0.15) is 80.0 Å². The van der Waals surface area contributed by atoms with Crippen LogP contribution in [0.25, 0.3) is 0 Å². The minimum absolute atomic E-state index is 0.0232. The Kier molecular flexibility index (Phi) is 12.8. The van der Waals surface area contributed by atoms with Crippen LogP contribution in [0.15, 0.2) is 46.9 Å². The van der Waals surface area contributed by atoms with E-state index in [9.17, 15) is 9.59 Å². The van der Waals surface area contributed by atoms with Crippen LogP contribution in [0.3, 0.4) is 0 Å². The number of anilines is 1. The standard InChI is InChI=1S/C27H36BrN3O3S/c1-4-7-8-9-18-34-24-15-12-21(19-23(24)28)25(32)30-27(35)29-22-13-10-20(11-14-22)26(33)31(16-5-2)17-6-3/h10-15,19H,4-9,16-18H2,1-3H3,(H2,29,30,32,35). The van der Waals surface area contributed by atoms with E-state index in [0.29, 0.717) is 29.2 Å². The van der Waals surface area contributed by atoms with E-state index in [4.69, 9.17) is 17.0 Å². The lowest BCUT2D eigenvalue weighted by molar-refractivity contribution is 0.0755. The van der Waals surface area contributed by atoms with E-state index in [1.807, 2.05) is 4.90 Å². The molecular formula is C27H36BrN3O3S. The summed E-state index contributed by atoms with van der Waals surface area (Å²) in [6.45, 7) is 8.44. The normalized spacial score (nSPS) is 10.5. The van der Waals surface area contributed by atoms with Gasteiger partial charge in [-0.25, -0.2) is 0 Å². The Hall–Kier alpha value is -2.45. The number of ether oxygens (including phenoxy) is 1. The maximum atomic E-state index is 12.7. The van der Waals surface area contributed by atoms with Gasteiger partial charge in [0.25, 0.3) is 11.8 Å². The van der Waals surface area contributed by atoms with Gasteiger partial charge in [0, 0.05) is 29.9 Å². The maximum Gasteiger partial charge on any atom is 0.257 e. The Morgan fingerprint density at radius 2 is 1.57 bits per heavy atom. The fraction of sp³-hybridized carbons (Fsp3) is 0.444. The molecule has 8 heteroatoms. The number of carbonyl (C=O) groups is 2. The first-order chi connectivity index (χ1) is 16.9. The monoisotopic (exact) mass is 561 g/mol. The summed E-state index contributed by atoms with van der Waals surface area (Å²) in [6.07, 6.45) is 6.39. The number of nitrogens with zero attached hydrogens (tertiary/aromatic N) is 1. The number of hydrogen-bond donors (Lipinski definition) is 2. The highest BCUT2D eigenvalue weighted by Gasteiger charge is 2.15. The fourth-order valence-electron chi connectivity index (χ4n) is 3.54. The third-order valence-electron chi connectivity index (χ3n) is 5.34. The molecule has 2 rings (SSSR count). The smallest absolute Gasteiger partial charge is 0.257 e. The molecular weight excluding hydrogens is 526 g/mol. The molecule has 2 aromatic rings. The molecule has 0 spiro atoms. The van der Waals surface area contributed by atoms with E-state index in [-0.39, 0.29) is 16.9 Å². The van der Waals surface area contributed by atoms with Gasteiger partial charge in [-0.05, 0) is 89.9 Å². The molecule has 2 amide bonds. The number of hydrogen-bond acceptors (Lipinski definition) is 4. The fourth-order valence-corrected chi connectivity index (χ4v) is 4.24. The second-order valence-electron chi connectivity index (χ2n) is 8.33. The molecule has 0 aliphatic carbocycles. The van der Waals surface area contributed by atoms with Crippen LogP contribution in [0.5, 0.6) is 5.75 Å². The Labute approximate surface area is 222 Å². The number of benzene rings is 2. The lowest BCUT2D eigenvalue weighted by Crippen LogP contribution is -2.34. The highest BCUT2D eigenvalue weighted by molar-refractivity contribution is 9.10. The van der Waals surface area contributed by atoms with Gasteiger partial charge in [0.05, 0.1) is 11.1 Å². The number of rotatable bonds is 13. The van der Waals surface area contributed by atoms with Crippen molar-refractivity contribution in [2.45, 2.75) is 59.3 Å². The first kappa shape index (κ1) is 28.8. The van der Waals surface area contributed by atoms with Gasteiger partial charge in [-0.1, -0.05) is 40.0 Å². The molecule has 0 saturated carbocycles. The number of halogens is 1. The zero-order valence-corrected chi connectivity index (χ0v) is 23.3. The summed E-state index contributed by atoms with van der Waals surface area (Å²) in [6, 6.07) is 12.3. The van der Waals surface area contributed by atoms with Crippen LogP contribution in [-0.4, -0.2) is 41.5 Å². The van der Waals surface area contributed by atoms with Crippen molar-refractivity contribution >= 4 is 50.8 Å². The van der Waals surface area contributed by atoms with Crippen molar-refractivity contribution in [1.29, 1.82) is 0 Å². The molecule has 0 heterocycles. The maximum absolute atomic E-state index is 12.7. The molecule has 0 radical (unpaired) electrons. The van der Waals surface area contributed by atoms with Gasteiger partial charge in [-0.15, -0.1) is 0 Å². The predicted molar refractivity (Wildman–Crippen MR) is 150 cm³/mol. The van der Waals surface area contributed by atoms with Crippen molar-refractivity contribution < 1.29 is 14.3 Å². The average molecular weight is 563 g/mol. The summed E-state index contributed by atoms with van der Waals surface area (Å²) in [5.41, 5.74) is 1.79.